The van der Waals surface area contributed by atoms with E-state index in [1.807, 2.05) is 26.8 Å². The molecule has 2 aromatic rings. The van der Waals surface area contributed by atoms with Crippen molar-refractivity contribution in [3.8, 4) is 0 Å². The average Bonchev–Trinajstić information content (AvgIpc) is 2.88. The minimum Gasteiger partial charge on any atom is -0.366 e. The number of carbonyl (C=O) groups is 2. The maximum atomic E-state index is 15.3. The van der Waals surface area contributed by atoms with E-state index in [1.54, 1.807) is 18.1 Å². The summed E-state index contributed by atoms with van der Waals surface area (Å²) >= 11 is 0. The fraction of sp³-hybridized carbons (Fsp3) is 0.393. The molecular weight excluding hydrogens is 513 g/mol. The van der Waals surface area contributed by atoms with E-state index < -0.39 is 0 Å². The molecule has 11 nitrogen and oxygen atoms in total. The molecule has 0 unspecified atom stereocenters. The molecule has 0 atom stereocenters. The molecule has 1 aromatic heterocycles. The zero-order valence-corrected chi connectivity index (χ0v) is 23.7. The Morgan fingerprint density at radius 3 is 2.55 bits per heavy atom. The highest BCUT2D eigenvalue weighted by Gasteiger charge is 2.23. The van der Waals surface area contributed by atoms with Gasteiger partial charge in [-0.2, -0.15) is 4.98 Å². The van der Waals surface area contributed by atoms with Crippen LogP contribution in [0.15, 0.2) is 43.1 Å². The lowest BCUT2D eigenvalue weighted by Gasteiger charge is -2.35. The second-order valence-corrected chi connectivity index (χ2v) is 9.95. The number of nitrogens with one attached hydrogen (secondary N) is 3. The average molecular weight is 552 g/mol. The molecule has 0 bridgehead atoms. The lowest BCUT2D eigenvalue weighted by molar-refractivity contribution is -0.116. The van der Waals surface area contributed by atoms with Crippen LogP contribution in [-0.4, -0.2) is 90.8 Å². The van der Waals surface area contributed by atoms with Crippen LogP contribution >= 0.6 is 0 Å². The van der Waals surface area contributed by atoms with Crippen molar-refractivity contribution >= 4 is 41.2 Å². The second kappa shape index (κ2) is 13.8. The van der Waals surface area contributed by atoms with Crippen molar-refractivity contribution in [3.05, 3.63) is 60.1 Å². The second-order valence-electron chi connectivity index (χ2n) is 9.95. The fourth-order valence-corrected chi connectivity index (χ4v) is 4.35. The van der Waals surface area contributed by atoms with Crippen LogP contribution in [0.2, 0.25) is 0 Å². The van der Waals surface area contributed by atoms with Crippen LogP contribution in [0.25, 0.3) is 0 Å². The van der Waals surface area contributed by atoms with Gasteiger partial charge < -0.3 is 20.4 Å². The summed E-state index contributed by atoms with van der Waals surface area (Å²) in [5.74, 6) is -0.602. The van der Waals surface area contributed by atoms with Crippen LogP contribution in [0, 0.1) is 18.2 Å². The van der Waals surface area contributed by atoms with Gasteiger partial charge in [-0.05, 0) is 51.6 Å². The molecule has 0 saturated carbocycles. The zero-order valence-electron chi connectivity index (χ0n) is 23.7. The van der Waals surface area contributed by atoms with Gasteiger partial charge in [-0.25, -0.2) is 19.4 Å². The topological polar surface area (TPSA) is 121 Å². The van der Waals surface area contributed by atoms with Crippen molar-refractivity contribution in [2.45, 2.75) is 26.8 Å². The van der Waals surface area contributed by atoms with Crippen LogP contribution < -0.4 is 20.5 Å². The number of hydrogen-bond donors (Lipinski definition) is 3. The molecule has 3 N–H and O–H groups in total. The zero-order chi connectivity index (χ0) is 29.4. The Kier molecular flexibility index (Phi) is 10.5. The van der Waals surface area contributed by atoms with E-state index in [0.717, 1.165) is 31.7 Å². The number of hydrogen-bond acceptors (Lipinski definition) is 9. The lowest BCUT2D eigenvalue weighted by atomic mass is 10.1. The number of aromatic nitrogens is 2. The number of hydrazine groups is 1. The third kappa shape index (κ3) is 7.70. The smallest absolute Gasteiger partial charge is 0.244 e. The van der Waals surface area contributed by atoms with E-state index in [2.05, 4.69) is 44.0 Å². The lowest BCUT2D eigenvalue weighted by Crippen LogP contribution is -2.45. The molecule has 214 valence electrons. The summed E-state index contributed by atoms with van der Waals surface area (Å²) < 4.78 is 15.3. The number of halogens is 1. The number of amides is 1. The molecular formula is C28H38FN9O2. The van der Waals surface area contributed by atoms with Crippen molar-refractivity contribution in [3.63, 3.8) is 0 Å². The van der Waals surface area contributed by atoms with Crippen molar-refractivity contribution in [2.75, 3.05) is 62.0 Å². The number of anilines is 4. The minimum atomic E-state index is -0.357. The summed E-state index contributed by atoms with van der Waals surface area (Å²) in [5.41, 5.74) is 1.93. The minimum absolute atomic E-state index is 0.0628. The Bertz CT molecular complexity index is 1250. The molecule has 0 spiro atoms. The number of carbonyl (C=O) groups excluding carboxylic acids is 2. The maximum Gasteiger partial charge on any atom is 0.244 e. The number of likely N-dealkylation sites (N-methyl/N-ethyl adjacent to an activating group) is 2. The molecule has 1 saturated heterocycles. The predicted octanol–water partition coefficient (Wildman–Crippen LogP) is 3.13. The molecule has 1 aliphatic heterocycles. The third-order valence-electron chi connectivity index (χ3n) is 6.24. The number of aryl methyl sites for hydroxylation is 1. The molecule has 1 amide bonds. The number of nitrogens with zero attached hydrogens (tertiary/aromatic N) is 6. The number of benzene rings is 1. The van der Waals surface area contributed by atoms with E-state index in [9.17, 15) is 9.59 Å². The molecule has 0 radical (unpaired) electrons. The summed E-state index contributed by atoms with van der Waals surface area (Å²) in [6.45, 7) is 12.8. The quantitative estimate of drug-likeness (QED) is 0.0966. The van der Waals surface area contributed by atoms with Crippen LogP contribution in [0.5, 0.6) is 0 Å². The first kappa shape index (κ1) is 30.4. The molecule has 1 aliphatic rings. The van der Waals surface area contributed by atoms with Crippen molar-refractivity contribution in [2.24, 2.45) is 0 Å². The molecule has 12 heteroatoms. The number of piperazine rings is 1. The van der Waals surface area contributed by atoms with Gasteiger partial charge in [0.15, 0.2) is 12.1 Å². The number of aldehydes is 1. The highest BCUT2D eigenvalue weighted by molar-refractivity contribution is 6.07. The highest BCUT2D eigenvalue weighted by Crippen LogP contribution is 2.30. The van der Waals surface area contributed by atoms with Gasteiger partial charge in [0.1, 0.15) is 11.7 Å². The van der Waals surface area contributed by atoms with Gasteiger partial charge in [-0.1, -0.05) is 6.08 Å². The van der Waals surface area contributed by atoms with Gasteiger partial charge in [0, 0.05) is 63.8 Å². The van der Waals surface area contributed by atoms with Crippen LogP contribution in [-0.2, 0) is 4.79 Å². The molecule has 0 aliphatic carbocycles. The summed E-state index contributed by atoms with van der Waals surface area (Å²) in [6.07, 6.45) is 6.11. The molecule has 2 heterocycles. The molecule has 1 aromatic carbocycles. The van der Waals surface area contributed by atoms with Crippen LogP contribution in [0.3, 0.4) is 0 Å². The molecule has 1 fully saturated rings. The van der Waals surface area contributed by atoms with Gasteiger partial charge in [0.2, 0.25) is 11.9 Å². The van der Waals surface area contributed by atoms with E-state index in [-0.39, 0.29) is 40.9 Å². The highest BCUT2D eigenvalue weighted by atomic mass is 19.1. The van der Waals surface area contributed by atoms with Gasteiger partial charge in [-0.15, -0.1) is 6.58 Å². The Labute approximate surface area is 234 Å². The Morgan fingerprint density at radius 2 is 1.95 bits per heavy atom. The Balaban J connectivity index is 1.92. The fourth-order valence-electron chi connectivity index (χ4n) is 4.35. The van der Waals surface area contributed by atoms with Gasteiger partial charge in [0.25, 0.3) is 0 Å². The van der Waals surface area contributed by atoms with E-state index in [4.69, 9.17) is 5.41 Å². The van der Waals surface area contributed by atoms with Gasteiger partial charge >= 0.3 is 0 Å². The summed E-state index contributed by atoms with van der Waals surface area (Å²) in [7, 11) is 3.74. The summed E-state index contributed by atoms with van der Waals surface area (Å²) in [5, 5.41) is 17.4. The van der Waals surface area contributed by atoms with Gasteiger partial charge in [-0.3, -0.25) is 15.0 Å². The Morgan fingerprint density at radius 1 is 1.25 bits per heavy atom. The van der Waals surface area contributed by atoms with E-state index in [0.29, 0.717) is 24.2 Å². The molecule has 40 heavy (non-hydrogen) atoms. The number of amidine groups is 1. The van der Waals surface area contributed by atoms with Crippen LogP contribution in [0.1, 0.15) is 29.8 Å². The van der Waals surface area contributed by atoms with Crippen molar-refractivity contribution in [1.29, 1.82) is 5.41 Å². The first-order valence-electron chi connectivity index (χ1n) is 13.1. The SMILES string of the molecule is C=CCN(C)N(C(=N)/C=C\C(=O)NC(C)C)c1nc(Nc2cc(C)c(N3CCN(C)CC3)c(F)c2)ncc1C=O. The molecule has 3 rings (SSSR count). The first-order chi connectivity index (χ1) is 19.0. The van der Waals surface area contributed by atoms with E-state index in [1.165, 1.54) is 29.4 Å². The third-order valence-corrected chi connectivity index (χ3v) is 6.24. The standard InChI is InChI=1S/C28H38FN9O2/c1-7-10-36(6)38(24(30)8-9-25(40)32-19(2)3)27-21(18-39)17-31-28(34-27)33-22-15-20(4)26(23(29)16-22)37-13-11-35(5)12-14-37/h7-9,15-19,30H,1,10-14H2,2-6H3,(H,32,40)(H,31,33,34)/b9-8-,30-24?. The largest absolute Gasteiger partial charge is 0.366 e. The summed E-state index contributed by atoms with van der Waals surface area (Å²) in [4.78, 5) is 37.0. The summed E-state index contributed by atoms with van der Waals surface area (Å²) in [6, 6.07) is 3.16. The van der Waals surface area contributed by atoms with Gasteiger partial charge in [0.05, 0.1) is 11.3 Å². The Hall–Kier alpha value is -4.16. The first-order valence-corrected chi connectivity index (χ1v) is 13.1. The monoisotopic (exact) mass is 551 g/mol. The van der Waals surface area contributed by atoms with E-state index >= 15 is 4.39 Å². The van der Waals surface area contributed by atoms with Crippen molar-refractivity contribution in [1.82, 2.24) is 25.2 Å². The normalized spacial score (nSPS) is 14.1. The van der Waals surface area contributed by atoms with Crippen LogP contribution in [0.4, 0.5) is 27.5 Å². The number of rotatable bonds is 11. The maximum absolute atomic E-state index is 15.3. The van der Waals surface area contributed by atoms with Crippen molar-refractivity contribution < 1.29 is 14.0 Å². The predicted molar refractivity (Wildman–Crippen MR) is 157 cm³/mol.